The number of nitrogens with zero attached hydrogens (tertiary/aromatic N) is 2. The molecular formula is C15H16N6O2. The molecule has 0 fully saturated rings. The van der Waals surface area contributed by atoms with E-state index in [0.717, 1.165) is 11.0 Å². The van der Waals surface area contributed by atoms with Gasteiger partial charge in [-0.2, -0.15) is 15.4 Å². The highest BCUT2D eigenvalue weighted by Gasteiger charge is 2.34. The third kappa shape index (κ3) is 1.77. The van der Waals surface area contributed by atoms with E-state index in [1.807, 2.05) is 12.2 Å². The number of fused-ring (bicyclic) bond motifs is 2. The van der Waals surface area contributed by atoms with Gasteiger partial charge in [0.2, 0.25) is 0 Å². The fourth-order valence-corrected chi connectivity index (χ4v) is 3.01. The average molecular weight is 312 g/mol. The topological polar surface area (TPSA) is 123 Å². The molecule has 4 N–H and O–H groups in total. The van der Waals surface area contributed by atoms with Gasteiger partial charge in [-0.1, -0.05) is 13.8 Å². The third-order valence-corrected chi connectivity index (χ3v) is 4.75. The molecule has 4 rings (SSSR count). The number of hydrogen-bond donors (Lipinski definition) is 4. The maximum Gasteiger partial charge on any atom is 0.276 e. The van der Waals surface area contributed by atoms with Crippen molar-refractivity contribution in [3.05, 3.63) is 53.5 Å². The minimum Gasteiger partial charge on any atom is -0.348 e. The van der Waals surface area contributed by atoms with Gasteiger partial charge >= 0.3 is 0 Å². The first-order chi connectivity index (χ1) is 10.9. The fraction of sp³-hybridized carbons (Fsp3) is 0.333. The van der Waals surface area contributed by atoms with Crippen LogP contribution >= 0.6 is 0 Å². The fourth-order valence-electron chi connectivity index (χ4n) is 3.01. The highest BCUT2D eigenvalue weighted by molar-refractivity contribution is 5.57. The molecule has 0 amide bonds. The molecule has 0 spiro atoms. The Kier molecular flexibility index (Phi) is 2.58. The van der Waals surface area contributed by atoms with Crippen LogP contribution in [0.4, 0.5) is 0 Å². The molecule has 1 aromatic heterocycles. The van der Waals surface area contributed by atoms with Crippen LogP contribution in [0.1, 0.15) is 32.2 Å². The molecule has 0 aromatic carbocycles. The Hall–Kier alpha value is -2.90. The van der Waals surface area contributed by atoms with Gasteiger partial charge in [-0.25, -0.2) is 0 Å². The lowest BCUT2D eigenvalue weighted by molar-refractivity contribution is 0.432. The second-order valence-corrected chi connectivity index (χ2v) is 6.39. The summed E-state index contributed by atoms with van der Waals surface area (Å²) in [5, 5.41) is 13.1. The van der Waals surface area contributed by atoms with E-state index in [2.05, 4.69) is 51.1 Å². The van der Waals surface area contributed by atoms with Gasteiger partial charge < -0.3 is 9.97 Å². The maximum absolute atomic E-state index is 11.9. The maximum atomic E-state index is 11.9. The summed E-state index contributed by atoms with van der Waals surface area (Å²) in [5.41, 5.74) is 0.312. The molecule has 8 nitrogen and oxygen atoms in total. The smallest absolute Gasteiger partial charge is 0.276 e. The zero-order chi connectivity index (χ0) is 16.4. The van der Waals surface area contributed by atoms with Gasteiger partial charge in [-0.05, 0) is 25.0 Å². The molecule has 3 aliphatic rings. The number of aromatic amines is 4. The van der Waals surface area contributed by atoms with Crippen LogP contribution in [0.25, 0.3) is 12.2 Å². The molecule has 23 heavy (non-hydrogen) atoms. The van der Waals surface area contributed by atoms with Gasteiger partial charge in [0.25, 0.3) is 11.1 Å². The highest BCUT2D eigenvalue weighted by Crippen LogP contribution is 2.34. The minimum absolute atomic E-state index is 0.233. The lowest BCUT2D eigenvalue weighted by Gasteiger charge is -2.28. The lowest BCUT2D eigenvalue weighted by atomic mass is 9.75. The molecule has 2 aliphatic heterocycles. The first-order valence-corrected chi connectivity index (χ1v) is 7.40. The average Bonchev–Trinajstić information content (AvgIpc) is 3.02. The van der Waals surface area contributed by atoms with Crippen LogP contribution in [0.3, 0.4) is 0 Å². The summed E-state index contributed by atoms with van der Waals surface area (Å²) in [6.07, 6.45) is 3.86. The summed E-state index contributed by atoms with van der Waals surface area (Å²) in [4.78, 5) is 32.1. The molecule has 0 radical (unpaired) electrons. The molecule has 0 bridgehead atoms. The second kappa shape index (κ2) is 4.31. The summed E-state index contributed by atoms with van der Waals surface area (Å²) >= 11 is 0. The van der Waals surface area contributed by atoms with E-state index in [1.54, 1.807) is 0 Å². The van der Waals surface area contributed by atoms with Crippen LogP contribution in [0.5, 0.6) is 0 Å². The van der Waals surface area contributed by atoms with Gasteiger partial charge in [-0.15, -0.1) is 0 Å². The van der Waals surface area contributed by atoms with E-state index in [0.29, 0.717) is 11.0 Å². The van der Waals surface area contributed by atoms with Crippen molar-refractivity contribution in [2.45, 2.75) is 26.2 Å². The monoisotopic (exact) mass is 312 g/mol. The predicted molar refractivity (Wildman–Crippen MR) is 83.2 cm³/mol. The predicted octanol–water partition coefficient (Wildman–Crippen LogP) is -1.23. The summed E-state index contributed by atoms with van der Waals surface area (Å²) in [5.74, 6) is 0.253. The number of rotatable bonds is 1. The standard InChI is InChI=1S/C15H16N6O2/c1-6(2)15(3)5-9-7(4-8-12(15)20-21-19-8)16-10-11(17-9)14(23)18-13(10)22/h4-6,16-17H,1-3H3,(H,18,22,23)(H,19,20,21). The molecule has 1 aliphatic carbocycles. The van der Waals surface area contributed by atoms with E-state index in [9.17, 15) is 9.59 Å². The van der Waals surface area contributed by atoms with Crippen molar-refractivity contribution >= 4 is 12.2 Å². The van der Waals surface area contributed by atoms with Gasteiger partial charge in [0.1, 0.15) is 16.4 Å². The van der Waals surface area contributed by atoms with Crippen molar-refractivity contribution in [1.29, 1.82) is 0 Å². The van der Waals surface area contributed by atoms with Crippen LogP contribution in [-0.2, 0) is 5.41 Å². The summed E-state index contributed by atoms with van der Waals surface area (Å²) in [6, 6.07) is 0. The van der Waals surface area contributed by atoms with E-state index in [-0.39, 0.29) is 22.0 Å². The minimum atomic E-state index is -0.436. The molecular weight excluding hydrogens is 296 g/mol. The summed E-state index contributed by atoms with van der Waals surface area (Å²) < 4.78 is 0. The second-order valence-electron chi connectivity index (χ2n) is 6.39. The molecule has 118 valence electrons. The van der Waals surface area contributed by atoms with Crippen LogP contribution in [0.2, 0.25) is 0 Å². The quantitative estimate of drug-likeness (QED) is 0.449. The number of H-pyrrole nitrogens is 4. The van der Waals surface area contributed by atoms with Crippen LogP contribution in [0, 0.1) is 16.6 Å². The first kappa shape index (κ1) is 13.7. The van der Waals surface area contributed by atoms with Gasteiger partial charge in [0, 0.05) is 5.41 Å². The third-order valence-electron chi connectivity index (χ3n) is 4.75. The van der Waals surface area contributed by atoms with Gasteiger partial charge in [-0.3, -0.25) is 14.6 Å². The molecule has 1 unspecified atom stereocenters. The normalized spacial score (nSPS) is 19.8. The highest BCUT2D eigenvalue weighted by atomic mass is 16.2. The molecule has 0 saturated heterocycles. The first-order valence-electron chi connectivity index (χ1n) is 7.40. The number of aromatic nitrogens is 6. The van der Waals surface area contributed by atoms with Crippen LogP contribution in [0.15, 0.2) is 9.59 Å². The largest absolute Gasteiger partial charge is 0.348 e. The Labute approximate surface area is 129 Å². The van der Waals surface area contributed by atoms with Crippen molar-refractivity contribution in [3.8, 4) is 0 Å². The molecule has 0 saturated carbocycles. The Morgan fingerprint density at radius 3 is 2.30 bits per heavy atom. The summed E-state index contributed by atoms with van der Waals surface area (Å²) in [6.45, 7) is 6.29. The molecule has 1 atom stereocenters. The van der Waals surface area contributed by atoms with Crippen LogP contribution in [-0.4, -0.2) is 30.4 Å². The Balaban J connectivity index is 2.24. The van der Waals surface area contributed by atoms with Crippen molar-refractivity contribution < 1.29 is 0 Å². The van der Waals surface area contributed by atoms with Crippen molar-refractivity contribution in [2.24, 2.45) is 5.92 Å². The van der Waals surface area contributed by atoms with E-state index < -0.39 is 11.1 Å². The Bertz CT molecular complexity index is 1210. The number of hydrogen-bond acceptors (Lipinski definition) is 4. The summed E-state index contributed by atoms with van der Waals surface area (Å²) in [7, 11) is 0. The lowest BCUT2D eigenvalue weighted by Crippen LogP contribution is -2.37. The van der Waals surface area contributed by atoms with E-state index in [4.69, 9.17) is 0 Å². The van der Waals surface area contributed by atoms with E-state index >= 15 is 0 Å². The van der Waals surface area contributed by atoms with E-state index in [1.165, 1.54) is 0 Å². The van der Waals surface area contributed by atoms with Crippen molar-refractivity contribution in [2.75, 3.05) is 0 Å². The molecule has 1 aromatic rings. The van der Waals surface area contributed by atoms with Gasteiger partial charge in [0.05, 0.1) is 16.4 Å². The zero-order valence-corrected chi connectivity index (χ0v) is 12.9. The van der Waals surface area contributed by atoms with Crippen LogP contribution < -0.4 is 21.8 Å². The Morgan fingerprint density at radius 1 is 1.00 bits per heavy atom. The number of nitrogens with one attached hydrogen (secondary N) is 4. The van der Waals surface area contributed by atoms with Gasteiger partial charge in [0.15, 0.2) is 0 Å². The molecule has 3 heterocycles. The molecule has 8 heteroatoms. The van der Waals surface area contributed by atoms with Crippen molar-refractivity contribution in [1.82, 2.24) is 30.4 Å². The Morgan fingerprint density at radius 2 is 1.65 bits per heavy atom. The SMILES string of the molecule is CC(C)C1(C)C=c2[nH]c3c(=O)[nH]c(=O)c=3[nH]c2=Cc2n[nH]nc21. The van der Waals surface area contributed by atoms with Crippen molar-refractivity contribution in [3.63, 3.8) is 0 Å². The zero-order valence-electron chi connectivity index (χ0n) is 12.9.